The second-order valence-electron chi connectivity index (χ2n) is 8.04. The number of aliphatic imine (C=N–C) groups is 2. The quantitative estimate of drug-likeness (QED) is 0.662. The molecule has 10 heteroatoms. The van der Waals surface area contributed by atoms with Gasteiger partial charge in [-0.25, -0.2) is 4.99 Å². The summed E-state index contributed by atoms with van der Waals surface area (Å²) in [6, 6.07) is 3.06. The molecule has 0 aliphatic carbocycles. The second-order valence-corrected chi connectivity index (χ2v) is 8.42. The first-order chi connectivity index (χ1) is 14.5. The Morgan fingerprint density at radius 2 is 2.06 bits per heavy atom. The van der Waals surface area contributed by atoms with E-state index in [1.807, 2.05) is 20.8 Å². The Morgan fingerprint density at radius 1 is 1.32 bits per heavy atom. The fourth-order valence-electron chi connectivity index (χ4n) is 4.28. The van der Waals surface area contributed by atoms with Crippen LogP contribution in [0.5, 0.6) is 0 Å². The summed E-state index contributed by atoms with van der Waals surface area (Å²) in [6.07, 6.45) is -2.65. The summed E-state index contributed by atoms with van der Waals surface area (Å²) in [6.45, 7) is 6.25. The molecule has 31 heavy (non-hydrogen) atoms. The van der Waals surface area contributed by atoms with Crippen molar-refractivity contribution in [3.8, 4) is 0 Å². The number of likely N-dealkylation sites (tertiary alicyclic amines) is 1. The largest absolute Gasteiger partial charge is 0.417 e. The standard InChI is InChI=1S/C21H20ClF3N4O2/c1-11-16(12(2)31-28-11)18-20(3)7-8-29(9-15(20)26-10-27-18)19(30)13-5-4-6-14(17(13)22)21(23,24)25/h4-6,10,15H,7-9H2,1-3H3. The van der Waals surface area contributed by atoms with E-state index in [2.05, 4.69) is 15.1 Å². The number of halogens is 4. The third-order valence-corrected chi connectivity index (χ3v) is 6.50. The molecule has 0 N–H and O–H groups in total. The summed E-state index contributed by atoms with van der Waals surface area (Å²) < 4.78 is 44.9. The van der Waals surface area contributed by atoms with Crippen LogP contribution in [0.1, 0.15) is 46.3 Å². The minimum absolute atomic E-state index is 0.167. The van der Waals surface area contributed by atoms with Crippen LogP contribution >= 0.6 is 11.6 Å². The monoisotopic (exact) mass is 452 g/mol. The average Bonchev–Trinajstić information content (AvgIpc) is 3.03. The van der Waals surface area contributed by atoms with Crippen LogP contribution in [0.2, 0.25) is 5.02 Å². The third-order valence-electron chi connectivity index (χ3n) is 6.10. The number of fused-ring (bicyclic) bond motifs is 1. The van der Waals surface area contributed by atoms with Gasteiger partial charge in [0, 0.05) is 18.5 Å². The number of piperidine rings is 1. The van der Waals surface area contributed by atoms with Crippen molar-refractivity contribution < 1.29 is 22.5 Å². The number of alkyl halides is 3. The molecule has 1 aromatic heterocycles. The number of nitrogens with zero attached hydrogens (tertiary/aromatic N) is 4. The number of amides is 1. The summed E-state index contributed by atoms with van der Waals surface area (Å²) in [7, 11) is 0. The van der Waals surface area contributed by atoms with E-state index in [9.17, 15) is 18.0 Å². The Morgan fingerprint density at radius 3 is 2.71 bits per heavy atom. The first kappa shape index (κ1) is 21.5. The fourth-order valence-corrected chi connectivity index (χ4v) is 4.60. The zero-order valence-electron chi connectivity index (χ0n) is 17.1. The van der Waals surface area contributed by atoms with E-state index in [1.165, 1.54) is 23.4 Å². The topological polar surface area (TPSA) is 71.1 Å². The van der Waals surface area contributed by atoms with Crippen molar-refractivity contribution >= 4 is 29.6 Å². The van der Waals surface area contributed by atoms with Crippen LogP contribution < -0.4 is 0 Å². The molecule has 0 spiro atoms. The fraction of sp³-hybridized carbons (Fsp3) is 0.429. The average molecular weight is 453 g/mol. The van der Waals surface area contributed by atoms with Crippen LogP contribution in [-0.2, 0) is 6.18 Å². The highest BCUT2D eigenvalue weighted by atomic mass is 35.5. The van der Waals surface area contributed by atoms with E-state index in [1.54, 1.807) is 0 Å². The van der Waals surface area contributed by atoms with Crippen LogP contribution in [-0.4, -0.2) is 47.1 Å². The number of benzene rings is 1. The van der Waals surface area contributed by atoms with Crippen LogP contribution in [0.3, 0.4) is 0 Å². The molecule has 4 rings (SSSR count). The summed E-state index contributed by atoms with van der Waals surface area (Å²) >= 11 is 5.96. The molecule has 2 atom stereocenters. The van der Waals surface area contributed by atoms with Gasteiger partial charge in [0.25, 0.3) is 5.91 Å². The molecule has 0 saturated carbocycles. The van der Waals surface area contributed by atoms with E-state index < -0.39 is 28.1 Å². The lowest BCUT2D eigenvalue weighted by atomic mass is 9.69. The number of rotatable bonds is 2. The summed E-state index contributed by atoms with van der Waals surface area (Å²) in [5.74, 6) is 0.107. The van der Waals surface area contributed by atoms with E-state index in [4.69, 9.17) is 16.1 Å². The van der Waals surface area contributed by atoms with E-state index >= 15 is 0 Å². The smallest absolute Gasteiger partial charge is 0.361 e. The van der Waals surface area contributed by atoms with Gasteiger partial charge in [0.1, 0.15) is 12.1 Å². The van der Waals surface area contributed by atoms with Gasteiger partial charge in [-0.15, -0.1) is 0 Å². The summed E-state index contributed by atoms with van der Waals surface area (Å²) in [5.41, 5.74) is 0.697. The normalized spacial score (nSPS) is 23.5. The molecule has 2 aromatic rings. The van der Waals surface area contributed by atoms with Gasteiger partial charge in [0.2, 0.25) is 0 Å². The molecular formula is C21H20ClF3N4O2. The van der Waals surface area contributed by atoms with Crippen LogP contribution in [0.4, 0.5) is 13.2 Å². The molecule has 2 aliphatic rings. The number of carbonyl (C=O) groups excluding carboxylic acids is 1. The van der Waals surface area contributed by atoms with Crippen molar-refractivity contribution in [1.82, 2.24) is 10.1 Å². The lowest BCUT2D eigenvalue weighted by Crippen LogP contribution is -2.55. The van der Waals surface area contributed by atoms with Gasteiger partial charge in [0.05, 0.1) is 39.2 Å². The number of aromatic nitrogens is 1. The minimum atomic E-state index is -4.64. The predicted molar refractivity (Wildman–Crippen MR) is 110 cm³/mol. The molecule has 3 heterocycles. The highest BCUT2D eigenvalue weighted by Gasteiger charge is 2.47. The summed E-state index contributed by atoms with van der Waals surface area (Å²) in [4.78, 5) is 23.5. The van der Waals surface area contributed by atoms with Crippen molar-refractivity contribution in [2.75, 3.05) is 13.1 Å². The van der Waals surface area contributed by atoms with Crippen molar-refractivity contribution in [2.45, 2.75) is 39.4 Å². The molecule has 1 amide bonds. The third kappa shape index (κ3) is 3.54. The first-order valence-corrected chi connectivity index (χ1v) is 10.1. The second kappa shape index (κ2) is 7.47. The maximum absolute atomic E-state index is 13.2. The molecule has 2 aliphatic heterocycles. The SMILES string of the molecule is Cc1noc(C)c1C1=NC=NC2CN(C(=O)c3cccc(C(F)(F)F)c3Cl)CCC12C. The minimum Gasteiger partial charge on any atom is -0.361 e. The van der Waals surface area contributed by atoms with E-state index in [0.29, 0.717) is 18.7 Å². The van der Waals surface area contributed by atoms with Crippen LogP contribution in [0, 0.1) is 19.3 Å². The van der Waals surface area contributed by atoms with Gasteiger partial charge >= 0.3 is 6.18 Å². The molecule has 0 bridgehead atoms. The van der Waals surface area contributed by atoms with Gasteiger partial charge in [-0.3, -0.25) is 9.79 Å². The van der Waals surface area contributed by atoms with Crippen molar-refractivity contribution in [3.63, 3.8) is 0 Å². The predicted octanol–water partition coefficient (Wildman–Crippen LogP) is 4.72. The Labute approximate surface area is 181 Å². The Balaban J connectivity index is 1.62. The Hall–Kier alpha value is -2.68. The van der Waals surface area contributed by atoms with Gasteiger partial charge in [-0.05, 0) is 32.4 Å². The van der Waals surface area contributed by atoms with Gasteiger partial charge in [-0.1, -0.05) is 29.7 Å². The van der Waals surface area contributed by atoms with Crippen LogP contribution in [0.15, 0.2) is 32.7 Å². The lowest BCUT2D eigenvalue weighted by molar-refractivity contribution is -0.137. The van der Waals surface area contributed by atoms with Gasteiger partial charge in [-0.2, -0.15) is 13.2 Å². The van der Waals surface area contributed by atoms with Gasteiger partial charge in [0.15, 0.2) is 0 Å². The molecular weight excluding hydrogens is 433 g/mol. The van der Waals surface area contributed by atoms with Crippen molar-refractivity contribution in [1.29, 1.82) is 0 Å². The molecule has 6 nitrogen and oxygen atoms in total. The molecule has 2 unspecified atom stereocenters. The molecule has 0 radical (unpaired) electrons. The first-order valence-electron chi connectivity index (χ1n) is 9.72. The van der Waals surface area contributed by atoms with Gasteiger partial charge < -0.3 is 9.42 Å². The lowest BCUT2D eigenvalue weighted by Gasteiger charge is -2.45. The Bertz CT molecular complexity index is 1090. The number of carbonyl (C=O) groups is 1. The molecule has 1 fully saturated rings. The zero-order chi connectivity index (χ0) is 22.6. The molecule has 1 saturated heterocycles. The molecule has 164 valence electrons. The maximum Gasteiger partial charge on any atom is 0.417 e. The van der Waals surface area contributed by atoms with Crippen LogP contribution in [0.25, 0.3) is 0 Å². The Kier molecular flexibility index (Phi) is 5.20. The van der Waals surface area contributed by atoms with Crippen molar-refractivity contribution in [2.24, 2.45) is 15.4 Å². The van der Waals surface area contributed by atoms with E-state index in [-0.39, 0.29) is 18.2 Å². The summed E-state index contributed by atoms with van der Waals surface area (Å²) in [5, 5.41) is 3.42. The van der Waals surface area contributed by atoms with E-state index in [0.717, 1.165) is 23.0 Å². The van der Waals surface area contributed by atoms with Crippen molar-refractivity contribution in [3.05, 3.63) is 51.4 Å². The zero-order valence-corrected chi connectivity index (χ0v) is 17.9. The highest BCUT2D eigenvalue weighted by molar-refractivity contribution is 6.34. The number of hydrogen-bond acceptors (Lipinski definition) is 5. The molecule has 1 aromatic carbocycles. The maximum atomic E-state index is 13.2. The number of hydrogen-bond donors (Lipinski definition) is 0. The number of aryl methyl sites for hydroxylation is 2. The highest BCUT2D eigenvalue weighted by Crippen LogP contribution is 2.41.